The first-order chi connectivity index (χ1) is 13.8. The third-order valence-electron chi connectivity index (χ3n) is 4.59. The maximum atomic E-state index is 13.5. The fourth-order valence-corrected chi connectivity index (χ4v) is 3.13. The largest absolute Gasteiger partial charge is 0.417 e. The molecule has 0 radical (unpaired) electrons. The molecule has 6 nitrogen and oxygen atoms in total. The van der Waals surface area contributed by atoms with E-state index in [1.54, 1.807) is 24.3 Å². The van der Waals surface area contributed by atoms with Crippen LogP contribution in [0, 0.1) is 0 Å². The van der Waals surface area contributed by atoms with Gasteiger partial charge in [-0.2, -0.15) is 13.2 Å². The van der Waals surface area contributed by atoms with Gasteiger partial charge in [0.1, 0.15) is 11.6 Å². The highest BCUT2D eigenvalue weighted by atomic mass is 19.4. The first-order valence-electron chi connectivity index (χ1n) is 8.91. The van der Waals surface area contributed by atoms with E-state index in [-0.39, 0.29) is 11.4 Å². The summed E-state index contributed by atoms with van der Waals surface area (Å²) in [6.45, 7) is 2.31. The summed E-state index contributed by atoms with van der Waals surface area (Å²) < 4.78 is 40.5. The fourth-order valence-electron chi connectivity index (χ4n) is 3.13. The maximum absolute atomic E-state index is 13.5. The molecule has 2 heterocycles. The minimum absolute atomic E-state index is 0.0353. The molecule has 1 aliphatic rings. The van der Waals surface area contributed by atoms with Gasteiger partial charge in [-0.25, -0.2) is 9.97 Å². The number of hydrogen-bond donors (Lipinski definition) is 4. The second kappa shape index (κ2) is 7.34. The van der Waals surface area contributed by atoms with Crippen LogP contribution < -0.4 is 16.0 Å². The van der Waals surface area contributed by atoms with Crippen molar-refractivity contribution in [3.63, 3.8) is 0 Å². The van der Waals surface area contributed by atoms with Crippen molar-refractivity contribution in [3.05, 3.63) is 65.5 Å². The predicted octanol–water partition coefficient (Wildman–Crippen LogP) is 3.43. The first kappa shape index (κ1) is 19.2. The van der Waals surface area contributed by atoms with Gasteiger partial charge in [0.15, 0.2) is 12.2 Å². The zero-order chi connectivity index (χ0) is 20.6. The Morgan fingerprint density at radius 2 is 1.79 bits per heavy atom. The van der Waals surface area contributed by atoms with E-state index < -0.39 is 18.1 Å². The molecule has 0 fully saturated rings. The monoisotopic (exact) mass is 401 g/mol. The van der Waals surface area contributed by atoms with Gasteiger partial charge < -0.3 is 15.7 Å². The quantitative estimate of drug-likeness (QED) is 0.538. The molecule has 4 N–H and O–H groups in total. The average Bonchev–Trinajstić information content (AvgIpc) is 2.70. The van der Waals surface area contributed by atoms with Crippen LogP contribution in [0.3, 0.4) is 0 Å². The van der Waals surface area contributed by atoms with Crippen LogP contribution >= 0.6 is 0 Å². The Balaban J connectivity index is 1.87. The van der Waals surface area contributed by atoms with Crippen molar-refractivity contribution in [2.24, 2.45) is 0 Å². The highest BCUT2D eigenvalue weighted by Gasteiger charge is 2.34. The van der Waals surface area contributed by atoms with Crippen molar-refractivity contribution >= 4 is 16.7 Å². The van der Waals surface area contributed by atoms with Crippen molar-refractivity contribution < 1.29 is 18.3 Å². The summed E-state index contributed by atoms with van der Waals surface area (Å²) in [5.41, 5.74) is 0.491. The predicted molar refractivity (Wildman–Crippen MR) is 103 cm³/mol. The molecule has 0 aliphatic carbocycles. The number of halogens is 3. The van der Waals surface area contributed by atoms with Crippen LogP contribution in [0.4, 0.5) is 19.0 Å². The Kier molecular flexibility index (Phi) is 4.85. The van der Waals surface area contributed by atoms with Crippen LogP contribution in [0.1, 0.15) is 12.5 Å². The molecule has 1 unspecified atom stereocenters. The van der Waals surface area contributed by atoms with Crippen LogP contribution in [0.5, 0.6) is 0 Å². The molecule has 0 saturated carbocycles. The van der Waals surface area contributed by atoms with Gasteiger partial charge in [-0.05, 0) is 30.7 Å². The lowest BCUT2D eigenvalue weighted by atomic mass is 10.1. The molecule has 1 atom stereocenters. The molecule has 0 bridgehead atoms. The highest BCUT2D eigenvalue weighted by molar-refractivity contribution is 5.91. The van der Waals surface area contributed by atoms with Gasteiger partial charge in [0, 0.05) is 17.5 Å². The van der Waals surface area contributed by atoms with Gasteiger partial charge in [0.05, 0.1) is 11.1 Å². The Hall–Kier alpha value is -3.17. The molecule has 4 rings (SSSR count). The Labute approximate surface area is 164 Å². The van der Waals surface area contributed by atoms with E-state index in [1.807, 2.05) is 6.92 Å². The summed E-state index contributed by atoms with van der Waals surface area (Å²) in [5, 5.41) is 19.2. The molecule has 1 aromatic heterocycles. The van der Waals surface area contributed by atoms with E-state index in [4.69, 9.17) is 0 Å². The van der Waals surface area contributed by atoms with Crippen LogP contribution in [-0.4, -0.2) is 28.0 Å². The number of hydrogen-bond acceptors (Lipinski definition) is 6. The average molecular weight is 401 g/mol. The van der Waals surface area contributed by atoms with Crippen LogP contribution in [0.15, 0.2) is 59.9 Å². The molecule has 29 heavy (non-hydrogen) atoms. The fraction of sp³-hybridized carbons (Fsp3) is 0.200. The molecule has 9 heteroatoms. The normalized spacial score (nSPS) is 17.3. The number of rotatable bonds is 3. The summed E-state index contributed by atoms with van der Waals surface area (Å²) in [5.74, 6) is 0.848. The molecule has 1 aliphatic heterocycles. The standard InChI is InChI=1S/C20H18F3N5O/c1-11-10-24-19(29)28-16(11)26-18-13-7-3-5-9-15(13)25-17(27-18)12-6-2-4-8-14(12)20(21,22)23/h2-9,19,24,28-29H,10H2,1H3,(H,25,26,27). The van der Waals surface area contributed by atoms with Crippen molar-refractivity contribution in [2.75, 3.05) is 11.9 Å². The van der Waals surface area contributed by atoms with Crippen molar-refractivity contribution in [3.8, 4) is 11.4 Å². The van der Waals surface area contributed by atoms with E-state index in [1.165, 1.54) is 18.2 Å². The van der Waals surface area contributed by atoms with Gasteiger partial charge in [-0.3, -0.25) is 5.32 Å². The van der Waals surface area contributed by atoms with E-state index in [9.17, 15) is 18.3 Å². The van der Waals surface area contributed by atoms with Gasteiger partial charge in [0.25, 0.3) is 0 Å². The molecule has 0 spiro atoms. The number of aromatic nitrogens is 2. The van der Waals surface area contributed by atoms with Gasteiger partial charge in [-0.15, -0.1) is 0 Å². The van der Waals surface area contributed by atoms with Crippen molar-refractivity contribution in [1.82, 2.24) is 20.6 Å². The van der Waals surface area contributed by atoms with E-state index in [2.05, 4.69) is 25.9 Å². The van der Waals surface area contributed by atoms with Crippen LogP contribution in [-0.2, 0) is 6.18 Å². The molecule has 0 saturated heterocycles. The molecule has 0 amide bonds. The maximum Gasteiger partial charge on any atom is 0.417 e. The number of para-hydroxylation sites is 1. The SMILES string of the molecule is CC1=C(Nc2nc(-c3ccccc3C(F)(F)F)nc3ccccc23)NC(O)NC1. The number of aliphatic hydroxyl groups excluding tert-OH is 1. The number of anilines is 1. The highest BCUT2D eigenvalue weighted by Crippen LogP contribution is 2.37. The van der Waals surface area contributed by atoms with Gasteiger partial charge in [-0.1, -0.05) is 30.3 Å². The van der Waals surface area contributed by atoms with E-state index in [0.29, 0.717) is 29.1 Å². The Morgan fingerprint density at radius 3 is 2.59 bits per heavy atom. The third kappa shape index (κ3) is 3.87. The summed E-state index contributed by atoms with van der Waals surface area (Å²) >= 11 is 0. The number of aliphatic hydroxyl groups is 1. The lowest BCUT2D eigenvalue weighted by Crippen LogP contribution is -2.48. The number of alkyl halides is 3. The van der Waals surface area contributed by atoms with Crippen molar-refractivity contribution in [1.29, 1.82) is 0 Å². The smallest absolute Gasteiger partial charge is 0.361 e. The zero-order valence-electron chi connectivity index (χ0n) is 15.4. The van der Waals surface area contributed by atoms with Crippen LogP contribution in [0.2, 0.25) is 0 Å². The summed E-state index contributed by atoms with van der Waals surface area (Å²) in [6.07, 6.45) is -5.47. The van der Waals surface area contributed by atoms with Crippen LogP contribution in [0.25, 0.3) is 22.3 Å². The Morgan fingerprint density at radius 1 is 1.07 bits per heavy atom. The summed E-state index contributed by atoms with van der Waals surface area (Å²) in [7, 11) is 0. The molecular weight excluding hydrogens is 383 g/mol. The van der Waals surface area contributed by atoms with E-state index >= 15 is 0 Å². The first-order valence-corrected chi connectivity index (χ1v) is 8.91. The van der Waals surface area contributed by atoms with Gasteiger partial charge in [0.2, 0.25) is 0 Å². The topological polar surface area (TPSA) is 82.1 Å². The third-order valence-corrected chi connectivity index (χ3v) is 4.59. The molecular formula is C20H18F3N5O. The second-order valence-corrected chi connectivity index (χ2v) is 6.66. The molecule has 150 valence electrons. The lowest BCUT2D eigenvalue weighted by molar-refractivity contribution is -0.137. The Bertz CT molecular complexity index is 1100. The number of benzene rings is 2. The summed E-state index contributed by atoms with van der Waals surface area (Å²) in [4.78, 5) is 8.76. The van der Waals surface area contributed by atoms with Crippen molar-refractivity contribution in [2.45, 2.75) is 19.5 Å². The number of nitrogens with zero attached hydrogens (tertiary/aromatic N) is 2. The molecule has 2 aromatic carbocycles. The minimum atomic E-state index is -4.53. The summed E-state index contributed by atoms with van der Waals surface area (Å²) in [6, 6.07) is 12.3. The minimum Gasteiger partial charge on any atom is -0.361 e. The number of fused-ring (bicyclic) bond motifs is 1. The molecule has 3 aromatic rings. The number of nitrogens with one attached hydrogen (secondary N) is 3. The van der Waals surface area contributed by atoms with E-state index in [0.717, 1.165) is 11.6 Å². The van der Waals surface area contributed by atoms with Gasteiger partial charge >= 0.3 is 6.18 Å². The zero-order valence-corrected chi connectivity index (χ0v) is 15.4. The lowest BCUT2D eigenvalue weighted by Gasteiger charge is -2.26. The second-order valence-electron chi connectivity index (χ2n) is 6.66.